The summed E-state index contributed by atoms with van der Waals surface area (Å²) in [5.41, 5.74) is 0. The van der Waals surface area contributed by atoms with Crippen LogP contribution in [-0.4, -0.2) is 99.6 Å². The zero-order valence-electron chi connectivity index (χ0n) is 61.0. The van der Waals surface area contributed by atoms with Crippen LogP contribution in [0.3, 0.4) is 0 Å². The number of nitrogens with one attached hydrogen (secondary N) is 1. The topological polar surface area (TPSA) is 175 Å². The summed E-state index contributed by atoms with van der Waals surface area (Å²) in [4.78, 5) is 26.8. The fourth-order valence-corrected chi connectivity index (χ4v) is 11.7. The van der Waals surface area contributed by atoms with Gasteiger partial charge in [-0.25, -0.2) is 0 Å². The monoisotopic (exact) mass is 1330 g/mol. The van der Waals surface area contributed by atoms with E-state index in [1.54, 1.807) is 6.08 Å². The highest BCUT2D eigenvalue weighted by molar-refractivity contribution is 5.80. The molecule has 6 N–H and O–H groups in total. The van der Waals surface area contributed by atoms with Crippen LogP contribution >= 0.6 is 0 Å². The molecule has 1 fully saturated rings. The zero-order chi connectivity index (χ0) is 68.8. The van der Waals surface area contributed by atoms with Crippen molar-refractivity contribution >= 4 is 11.9 Å². The minimum atomic E-state index is -1.62. The van der Waals surface area contributed by atoms with Crippen molar-refractivity contribution in [1.82, 2.24) is 5.32 Å². The Hall–Kier alpha value is -3.94. The Kier molecular flexibility index (Phi) is 65.6. The van der Waals surface area contributed by atoms with E-state index >= 15 is 0 Å². The van der Waals surface area contributed by atoms with Gasteiger partial charge in [0, 0.05) is 6.42 Å². The molecule has 0 bridgehead atoms. The van der Waals surface area contributed by atoms with Crippen LogP contribution in [0.4, 0.5) is 0 Å². The second-order valence-corrected chi connectivity index (χ2v) is 26.7. The fraction of sp³-hybridized carbons (Fsp3) is 0.738. The SMILES string of the molecule is CC/C=C\C/C=C\C/C=C\C/C=C\C/C=C\CCCCCCCCCCCCC(O)C(=O)NC(COC1OC(CO)C(O)C(O)C1OC(=O)CCCCCCCCCCCCC/C=C\C/C=C\C/C=C\C/C=C\CCCCC)C(O)/C=C/CCCCCCCCCCCCC. The summed E-state index contributed by atoms with van der Waals surface area (Å²) >= 11 is 0. The highest BCUT2D eigenvalue weighted by Gasteiger charge is 2.47. The summed E-state index contributed by atoms with van der Waals surface area (Å²) in [5, 5.41) is 57.5. The normalized spacial score (nSPS) is 18.4. The molecule has 0 saturated carbocycles. The number of carbonyl (C=O) groups is 2. The van der Waals surface area contributed by atoms with Crippen molar-refractivity contribution in [2.75, 3.05) is 13.2 Å². The number of esters is 1. The second kappa shape index (κ2) is 69.9. The van der Waals surface area contributed by atoms with Crippen LogP contribution in [0.1, 0.15) is 335 Å². The molecular formula is C84H145NO10. The van der Waals surface area contributed by atoms with E-state index < -0.39 is 67.4 Å². The van der Waals surface area contributed by atoms with Crippen LogP contribution in [0.25, 0.3) is 0 Å². The minimum Gasteiger partial charge on any atom is -0.454 e. The molecule has 11 nitrogen and oxygen atoms in total. The van der Waals surface area contributed by atoms with Crippen molar-refractivity contribution in [2.45, 2.75) is 384 Å². The molecule has 0 aromatic rings. The summed E-state index contributed by atoms with van der Waals surface area (Å²) in [7, 11) is 0. The Morgan fingerprint density at radius 3 is 1.16 bits per heavy atom. The van der Waals surface area contributed by atoms with Crippen LogP contribution in [-0.2, 0) is 23.8 Å². The third kappa shape index (κ3) is 56.6. The lowest BCUT2D eigenvalue weighted by atomic mass is 9.99. The molecule has 1 aliphatic heterocycles. The number of allylic oxidation sites excluding steroid dienone is 19. The van der Waals surface area contributed by atoms with Crippen molar-refractivity contribution in [2.24, 2.45) is 0 Å². The quantitative estimate of drug-likeness (QED) is 0.0195. The lowest BCUT2D eigenvalue weighted by Crippen LogP contribution is -2.61. The standard InChI is InChI=1S/C84H145NO10/c1-4-7-10-13-16-19-22-25-27-29-31-33-35-37-39-41-43-45-47-49-51-54-57-60-63-66-69-72-79(89)95-82-81(91)80(90)78(73-86)94-84(82)93-74-75(76(87)70-67-64-61-58-55-52-24-21-18-15-12-9-6-3)85-83(92)77(88)71-68-65-62-59-56-53-50-48-46-44-42-40-38-36-34-32-30-28-26-23-20-17-14-11-8-5-2/h8,11,16-17,19-20,25-28,31-34,37-40,67,70,75-78,80-82,84,86-88,90-91H,4-7,9-10,12-15,18,21-24,29-30,35-36,41-66,68-69,71-74H2,1-3H3,(H,85,92)/b11-8-,19-16-,20-17-,27-25-,28-26-,33-31-,34-32-,39-37-,40-38-,70-67+. The Balaban J connectivity index is 2.53. The largest absolute Gasteiger partial charge is 0.454 e. The Morgan fingerprint density at radius 2 is 0.758 bits per heavy atom. The van der Waals surface area contributed by atoms with Gasteiger partial charge in [0.05, 0.1) is 25.4 Å². The number of aliphatic hydroxyl groups is 5. The number of hydrogen-bond donors (Lipinski definition) is 6. The number of unbranched alkanes of at least 4 members (excludes halogenated alkanes) is 35. The number of carbonyl (C=O) groups excluding carboxylic acids is 2. The molecule has 0 aliphatic carbocycles. The van der Waals surface area contributed by atoms with Crippen LogP contribution in [0, 0.1) is 0 Å². The summed E-state index contributed by atoms with van der Waals surface area (Å²) in [6, 6.07) is -1.04. The molecule has 1 saturated heterocycles. The van der Waals surface area contributed by atoms with Gasteiger partial charge in [-0.1, -0.05) is 335 Å². The van der Waals surface area contributed by atoms with Gasteiger partial charge in [0.25, 0.3) is 0 Å². The Morgan fingerprint density at radius 1 is 0.421 bits per heavy atom. The van der Waals surface area contributed by atoms with Crippen molar-refractivity contribution in [3.63, 3.8) is 0 Å². The molecule has 0 aromatic heterocycles. The molecule has 95 heavy (non-hydrogen) atoms. The molecule has 1 amide bonds. The first-order valence-electron chi connectivity index (χ1n) is 39.3. The second-order valence-electron chi connectivity index (χ2n) is 26.7. The number of aliphatic hydroxyl groups excluding tert-OH is 5. The first kappa shape index (κ1) is 89.1. The van der Waals surface area contributed by atoms with Crippen molar-refractivity contribution < 1.29 is 49.3 Å². The van der Waals surface area contributed by atoms with E-state index in [0.717, 1.165) is 122 Å². The van der Waals surface area contributed by atoms with Gasteiger partial charge < -0.3 is 45.1 Å². The van der Waals surface area contributed by atoms with E-state index in [0.29, 0.717) is 12.8 Å². The molecule has 8 unspecified atom stereocenters. The van der Waals surface area contributed by atoms with Gasteiger partial charge in [-0.05, 0) is 116 Å². The van der Waals surface area contributed by atoms with E-state index in [1.165, 1.54) is 167 Å². The predicted octanol–water partition coefficient (Wildman–Crippen LogP) is 21.3. The van der Waals surface area contributed by atoms with Gasteiger partial charge in [-0.3, -0.25) is 9.59 Å². The van der Waals surface area contributed by atoms with E-state index in [2.05, 4.69) is 135 Å². The Bertz CT molecular complexity index is 2020. The lowest BCUT2D eigenvalue weighted by Gasteiger charge is -2.41. The predicted molar refractivity (Wildman–Crippen MR) is 402 cm³/mol. The van der Waals surface area contributed by atoms with E-state index in [-0.39, 0.29) is 19.4 Å². The fourth-order valence-electron chi connectivity index (χ4n) is 11.7. The highest BCUT2D eigenvalue weighted by atomic mass is 16.7. The molecule has 0 radical (unpaired) electrons. The maximum atomic E-state index is 13.5. The summed E-state index contributed by atoms with van der Waals surface area (Å²) in [6.45, 7) is 5.68. The van der Waals surface area contributed by atoms with Gasteiger partial charge >= 0.3 is 5.97 Å². The van der Waals surface area contributed by atoms with Gasteiger partial charge in [-0.15, -0.1) is 0 Å². The van der Waals surface area contributed by atoms with Gasteiger partial charge in [0.1, 0.15) is 24.4 Å². The molecule has 8 atom stereocenters. The Labute approximate surface area is 582 Å². The smallest absolute Gasteiger partial charge is 0.306 e. The van der Waals surface area contributed by atoms with Crippen LogP contribution in [0.2, 0.25) is 0 Å². The first-order chi connectivity index (χ1) is 46.7. The first-order valence-corrected chi connectivity index (χ1v) is 39.3. The van der Waals surface area contributed by atoms with Crippen molar-refractivity contribution in [3.8, 4) is 0 Å². The molecule has 1 aliphatic rings. The average Bonchev–Trinajstić information content (AvgIpc) is 0.829. The molecule has 0 spiro atoms. The van der Waals surface area contributed by atoms with Crippen molar-refractivity contribution in [3.05, 3.63) is 122 Å². The third-order valence-electron chi connectivity index (χ3n) is 17.8. The van der Waals surface area contributed by atoms with Gasteiger partial charge in [0.15, 0.2) is 12.4 Å². The summed E-state index contributed by atoms with van der Waals surface area (Å²) < 4.78 is 17.8. The van der Waals surface area contributed by atoms with Gasteiger partial charge in [0.2, 0.25) is 5.91 Å². The maximum Gasteiger partial charge on any atom is 0.306 e. The minimum absolute atomic E-state index is 0.115. The maximum absolute atomic E-state index is 13.5. The summed E-state index contributed by atoms with van der Waals surface area (Å²) in [5.74, 6) is -1.20. The van der Waals surface area contributed by atoms with Gasteiger partial charge in [-0.2, -0.15) is 0 Å². The average molecular weight is 1330 g/mol. The molecule has 1 rings (SSSR count). The number of ether oxygens (including phenoxy) is 3. The zero-order valence-corrected chi connectivity index (χ0v) is 61.0. The number of hydrogen-bond acceptors (Lipinski definition) is 10. The molecule has 546 valence electrons. The van der Waals surface area contributed by atoms with Crippen LogP contribution < -0.4 is 5.32 Å². The van der Waals surface area contributed by atoms with E-state index in [9.17, 15) is 35.1 Å². The molecule has 11 heteroatoms. The van der Waals surface area contributed by atoms with Crippen LogP contribution in [0.5, 0.6) is 0 Å². The number of rotatable bonds is 67. The highest BCUT2D eigenvalue weighted by Crippen LogP contribution is 2.26. The van der Waals surface area contributed by atoms with E-state index in [4.69, 9.17) is 14.2 Å². The van der Waals surface area contributed by atoms with E-state index in [1.807, 2.05) is 6.08 Å². The summed E-state index contributed by atoms with van der Waals surface area (Å²) in [6.07, 6.45) is 88.0. The lowest BCUT2D eigenvalue weighted by molar-refractivity contribution is -0.305. The van der Waals surface area contributed by atoms with Crippen LogP contribution in [0.15, 0.2) is 122 Å². The molecular weight excluding hydrogens is 1180 g/mol. The molecule has 0 aromatic carbocycles. The third-order valence-corrected chi connectivity index (χ3v) is 17.8. The number of amides is 1. The molecule has 1 heterocycles. The van der Waals surface area contributed by atoms with Crippen molar-refractivity contribution in [1.29, 1.82) is 0 Å².